The number of amides is 2. The molecule has 0 saturated carbocycles. The van der Waals surface area contributed by atoms with Gasteiger partial charge >= 0.3 is 6.03 Å². The van der Waals surface area contributed by atoms with Gasteiger partial charge in [-0.15, -0.1) is 0 Å². The highest BCUT2D eigenvalue weighted by Gasteiger charge is 2.27. The van der Waals surface area contributed by atoms with E-state index in [2.05, 4.69) is 10.3 Å². The Labute approximate surface area is 153 Å². The molecule has 2 heterocycles. The van der Waals surface area contributed by atoms with Crippen LogP contribution in [0.25, 0.3) is 0 Å². The molecule has 138 valence electrons. The summed E-state index contributed by atoms with van der Waals surface area (Å²) < 4.78 is 19.0. The molecule has 5 nitrogen and oxygen atoms in total. The Bertz CT molecular complexity index is 739. The van der Waals surface area contributed by atoms with Crippen LogP contribution < -0.4 is 10.1 Å². The van der Waals surface area contributed by atoms with Crippen molar-refractivity contribution in [2.75, 3.05) is 18.5 Å². The molecule has 1 N–H and O–H groups in total. The number of carbonyl (C=O) groups is 1. The Morgan fingerprint density at radius 2 is 2.08 bits per heavy atom. The summed E-state index contributed by atoms with van der Waals surface area (Å²) in [6.45, 7) is 2.91. The summed E-state index contributed by atoms with van der Waals surface area (Å²) >= 11 is 0. The van der Waals surface area contributed by atoms with E-state index < -0.39 is 5.82 Å². The molecule has 26 heavy (non-hydrogen) atoms. The molecule has 1 aromatic carbocycles. The Morgan fingerprint density at radius 3 is 2.85 bits per heavy atom. The van der Waals surface area contributed by atoms with E-state index in [0.717, 1.165) is 31.2 Å². The van der Waals surface area contributed by atoms with Gasteiger partial charge in [-0.2, -0.15) is 0 Å². The third kappa shape index (κ3) is 4.31. The van der Waals surface area contributed by atoms with Gasteiger partial charge in [-0.3, -0.25) is 4.98 Å². The molecule has 2 amide bonds. The molecule has 1 aromatic heterocycles. The first-order valence-corrected chi connectivity index (χ1v) is 9.09. The molecule has 0 radical (unpaired) electrons. The second-order valence-electron chi connectivity index (χ2n) is 6.34. The van der Waals surface area contributed by atoms with Crippen LogP contribution in [-0.4, -0.2) is 29.1 Å². The zero-order valence-corrected chi connectivity index (χ0v) is 15.0. The van der Waals surface area contributed by atoms with E-state index >= 15 is 0 Å². The first-order valence-electron chi connectivity index (χ1n) is 9.09. The van der Waals surface area contributed by atoms with Crippen LogP contribution in [0.5, 0.6) is 5.75 Å². The molecule has 1 unspecified atom stereocenters. The summed E-state index contributed by atoms with van der Waals surface area (Å²) in [5.74, 6) is -0.0491. The lowest BCUT2D eigenvalue weighted by molar-refractivity contribution is 0.189. The SMILES string of the molecule is CCOc1cc(F)ccc1NC(=O)N1CCCCCC1c1ccncc1. The van der Waals surface area contributed by atoms with Gasteiger partial charge in [0.05, 0.1) is 18.3 Å². The van der Waals surface area contributed by atoms with E-state index in [0.29, 0.717) is 24.6 Å². The van der Waals surface area contributed by atoms with Crippen molar-refractivity contribution in [2.45, 2.75) is 38.6 Å². The number of likely N-dealkylation sites (tertiary alicyclic amines) is 1. The summed E-state index contributed by atoms with van der Waals surface area (Å²) in [5.41, 5.74) is 1.57. The number of halogens is 1. The van der Waals surface area contributed by atoms with Gasteiger partial charge in [-0.05, 0) is 49.6 Å². The Hall–Kier alpha value is -2.63. The van der Waals surface area contributed by atoms with Crippen molar-refractivity contribution in [1.82, 2.24) is 9.88 Å². The number of urea groups is 1. The van der Waals surface area contributed by atoms with E-state index in [4.69, 9.17) is 4.74 Å². The van der Waals surface area contributed by atoms with Crippen molar-refractivity contribution in [3.05, 3.63) is 54.1 Å². The van der Waals surface area contributed by atoms with Gasteiger partial charge in [0.15, 0.2) is 0 Å². The third-order valence-electron chi connectivity index (χ3n) is 4.59. The highest BCUT2D eigenvalue weighted by atomic mass is 19.1. The summed E-state index contributed by atoms with van der Waals surface area (Å²) in [7, 11) is 0. The lowest BCUT2D eigenvalue weighted by atomic mass is 10.0. The zero-order chi connectivity index (χ0) is 18.4. The first-order chi connectivity index (χ1) is 12.7. The average molecular weight is 357 g/mol. The second kappa shape index (κ2) is 8.65. The number of nitrogens with zero attached hydrogens (tertiary/aromatic N) is 2. The van der Waals surface area contributed by atoms with Crippen molar-refractivity contribution >= 4 is 11.7 Å². The minimum absolute atomic E-state index is 0.0106. The number of pyridine rings is 1. The maximum Gasteiger partial charge on any atom is 0.322 e. The molecule has 1 fully saturated rings. The maximum atomic E-state index is 13.5. The summed E-state index contributed by atoms with van der Waals surface area (Å²) in [6, 6.07) is 7.89. The van der Waals surface area contributed by atoms with Crippen LogP contribution in [-0.2, 0) is 0 Å². The van der Waals surface area contributed by atoms with Gasteiger partial charge in [0.2, 0.25) is 0 Å². The van der Waals surface area contributed by atoms with E-state index in [1.807, 2.05) is 24.0 Å². The predicted molar refractivity (Wildman–Crippen MR) is 98.7 cm³/mol. The lowest BCUT2D eigenvalue weighted by Gasteiger charge is -2.30. The molecular formula is C20H24FN3O2. The number of rotatable bonds is 4. The summed E-state index contributed by atoms with van der Waals surface area (Å²) in [5, 5.41) is 2.90. The quantitative estimate of drug-likeness (QED) is 0.858. The highest BCUT2D eigenvalue weighted by molar-refractivity contribution is 5.91. The number of nitrogens with one attached hydrogen (secondary N) is 1. The summed E-state index contributed by atoms with van der Waals surface area (Å²) in [4.78, 5) is 18.9. The number of ether oxygens (including phenoxy) is 1. The van der Waals surface area contributed by atoms with E-state index in [1.54, 1.807) is 12.4 Å². The van der Waals surface area contributed by atoms with Crippen LogP contribution in [0, 0.1) is 5.82 Å². The lowest BCUT2D eigenvalue weighted by Crippen LogP contribution is -2.38. The van der Waals surface area contributed by atoms with Crippen molar-refractivity contribution in [3.8, 4) is 5.75 Å². The molecular weight excluding hydrogens is 333 g/mol. The van der Waals surface area contributed by atoms with Crippen LogP contribution in [0.4, 0.5) is 14.9 Å². The number of hydrogen-bond donors (Lipinski definition) is 1. The minimum Gasteiger partial charge on any atom is -0.492 e. The number of anilines is 1. The molecule has 1 atom stereocenters. The van der Waals surface area contributed by atoms with Gasteiger partial charge in [-0.1, -0.05) is 12.8 Å². The van der Waals surface area contributed by atoms with Crippen molar-refractivity contribution in [2.24, 2.45) is 0 Å². The monoisotopic (exact) mass is 357 g/mol. The van der Waals surface area contributed by atoms with Gasteiger partial charge in [0.25, 0.3) is 0 Å². The largest absolute Gasteiger partial charge is 0.492 e. The fourth-order valence-electron chi connectivity index (χ4n) is 3.34. The normalized spacial score (nSPS) is 17.5. The van der Waals surface area contributed by atoms with Crippen LogP contribution >= 0.6 is 0 Å². The second-order valence-corrected chi connectivity index (χ2v) is 6.34. The maximum absolute atomic E-state index is 13.5. The molecule has 0 bridgehead atoms. The first kappa shape index (κ1) is 18.2. The highest BCUT2D eigenvalue weighted by Crippen LogP contribution is 2.32. The van der Waals surface area contributed by atoms with Crippen LogP contribution in [0.15, 0.2) is 42.7 Å². The molecule has 1 aliphatic rings. The van der Waals surface area contributed by atoms with Crippen molar-refractivity contribution in [3.63, 3.8) is 0 Å². The van der Waals surface area contributed by atoms with E-state index in [-0.39, 0.29) is 12.1 Å². The van der Waals surface area contributed by atoms with E-state index in [1.165, 1.54) is 18.2 Å². The molecule has 1 saturated heterocycles. The number of carbonyl (C=O) groups excluding carboxylic acids is 1. The Morgan fingerprint density at radius 1 is 1.27 bits per heavy atom. The van der Waals surface area contributed by atoms with Gasteiger partial charge in [-0.25, -0.2) is 9.18 Å². The number of aromatic nitrogens is 1. The summed E-state index contributed by atoms with van der Waals surface area (Å²) in [6.07, 6.45) is 7.58. The van der Waals surface area contributed by atoms with E-state index in [9.17, 15) is 9.18 Å². The van der Waals surface area contributed by atoms with Gasteiger partial charge in [0.1, 0.15) is 11.6 Å². The molecule has 0 spiro atoms. The fraction of sp³-hybridized carbons (Fsp3) is 0.400. The van der Waals surface area contributed by atoms with Crippen molar-refractivity contribution < 1.29 is 13.9 Å². The number of benzene rings is 1. The van der Waals surface area contributed by atoms with Crippen molar-refractivity contribution in [1.29, 1.82) is 0 Å². The average Bonchev–Trinajstić information content (AvgIpc) is 2.91. The molecule has 1 aliphatic heterocycles. The topological polar surface area (TPSA) is 54.5 Å². The van der Waals surface area contributed by atoms with Crippen LogP contribution in [0.3, 0.4) is 0 Å². The Kier molecular flexibility index (Phi) is 6.04. The molecule has 0 aliphatic carbocycles. The fourth-order valence-corrected chi connectivity index (χ4v) is 3.34. The minimum atomic E-state index is -0.393. The third-order valence-corrected chi connectivity index (χ3v) is 4.59. The molecule has 2 aromatic rings. The van der Waals surface area contributed by atoms with Gasteiger partial charge < -0.3 is 15.0 Å². The van der Waals surface area contributed by atoms with Crippen LogP contribution in [0.2, 0.25) is 0 Å². The molecule has 3 rings (SSSR count). The number of hydrogen-bond acceptors (Lipinski definition) is 3. The zero-order valence-electron chi connectivity index (χ0n) is 15.0. The van der Waals surface area contributed by atoms with Gasteiger partial charge in [0, 0.05) is 25.0 Å². The Balaban J connectivity index is 1.82. The smallest absolute Gasteiger partial charge is 0.322 e. The van der Waals surface area contributed by atoms with Crippen LogP contribution in [0.1, 0.15) is 44.2 Å². The predicted octanol–water partition coefficient (Wildman–Crippen LogP) is 4.77. The molecule has 6 heteroatoms. The standard InChI is InChI=1S/C20H24FN3O2/c1-2-26-19-14-16(21)7-8-17(19)23-20(25)24-13-5-3-4-6-18(24)15-9-11-22-12-10-15/h7-12,14,18H,2-6,13H2,1H3,(H,23,25).